The lowest BCUT2D eigenvalue weighted by Gasteiger charge is -2.15. The fourth-order valence-electron chi connectivity index (χ4n) is 1.28. The minimum absolute atomic E-state index is 0.121. The van der Waals surface area contributed by atoms with Crippen molar-refractivity contribution in [1.29, 1.82) is 5.26 Å². The number of hydrogen-bond donors (Lipinski definition) is 1. The maximum Gasteiger partial charge on any atom is 0.0929 e. The average molecular weight is 253 g/mol. The lowest BCUT2D eigenvalue weighted by atomic mass is 10.1. The van der Waals surface area contributed by atoms with E-state index in [9.17, 15) is 0 Å². The third-order valence-corrected chi connectivity index (χ3v) is 2.54. The molecule has 2 nitrogen and oxygen atoms in total. The fraction of sp³-hybridized carbons (Fsp3) is 0.364. The van der Waals surface area contributed by atoms with Crippen LogP contribution in [0.15, 0.2) is 28.7 Å². The maximum absolute atomic E-state index is 8.66. The lowest BCUT2D eigenvalue weighted by molar-refractivity contribution is 0.543. The van der Waals surface area contributed by atoms with Crippen molar-refractivity contribution in [2.45, 2.75) is 25.9 Å². The number of nitriles is 1. The van der Waals surface area contributed by atoms with Crippen LogP contribution in [0.3, 0.4) is 0 Å². The number of benzene rings is 1. The van der Waals surface area contributed by atoms with Crippen LogP contribution >= 0.6 is 15.9 Å². The van der Waals surface area contributed by atoms with Crippen molar-refractivity contribution in [2.24, 2.45) is 0 Å². The predicted octanol–water partition coefficient (Wildman–Crippen LogP) is 3.01. The van der Waals surface area contributed by atoms with Gasteiger partial charge in [0.25, 0.3) is 0 Å². The van der Waals surface area contributed by atoms with E-state index in [0.717, 1.165) is 4.47 Å². The highest BCUT2D eigenvalue weighted by atomic mass is 79.9. The van der Waals surface area contributed by atoms with Crippen LogP contribution < -0.4 is 5.32 Å². The highest BCUT2D eigenvalue weighted by Gasteiger charge is 2.08. The molecule has 0 spiro atoms. The van der Waals surface area contributed by atoms with Crippen molar-refractivity contribution in [3.05, 3.63) is 34.3 Å². The van der Waals surface area contributed by atoms with Gasteiger partial charge in [-0.2, -0.15) is 5.26 Å². The molecule has 1 aromatic rings. The summed E-state index contributed by atoms with van der Waals surface area (Å²) in [5.74, 6) is 0. The molecule has 0 radical (unpaired) electrons. The lowest BCUT2D eigenvalue weighted by Crippen LogP contribution is -2.27. The Morgan fingerprint density at radius 3 is 2.71 bits per heavy atom. The molecule has 0 saturated heterocycles. The molecule has 2 atom stereocenters. The summed E-state index contributed by atoms with van der Waals surface area (Å²) in [7, 11) is 0. The smallest absolute Gasteiger partial charge is 0.0929 e. The maximum atomic E-state index is 8.66. The fourth-order valence-corrected chi connectivity index (χ4v) is 1.70. The molecule has 0 amide bonds. The zero-order valence-electron chi connectivity index (χ0n) is 8.29. The number of halogens is 1. The van der Waals surface area contributed by atoms with Crippen molar-refractivity contribution >= 4 is 15.9 Å². The molecule has 0 aromatic heterocycles. The average Bonchev–Trinajstić information content (AvgIpc) is 2.17. The zero-order valence-corrected chi connectivity index (χ0v) is 9.88. The number of nitrogens with zero attached hydrogens (tertiary/aromatic N) is 1. The SMILES string of the molecule is CC(C#N)NC(C)c1cccc(Br)c1. The van der Waals surface area contributed by atoms with E-state index in [4.69, 9.17) is 5.26 Å². The van der Waals surface area contributed by atoms with Gasteiger partial charge in [0.1, 0.15) is 0 Å². The van der Waals surface area contributed by atoms with Gasteiger partial charge in [0.2, 0.25) is 0 Å². The van der Waals surface area contributed by atoms with Crippen LogP contribution in [0.4, 0.5) is 0 Å². The summed E-state index contributed by atoms with van der Waals surface area (Å²) in [4.78, 5) is 0. The first-order valence-corrected chi connectivity index (χ1v) is 5.34. The normalized spacial score (nSPS) is 14.4. The van der Waals surface area contributed by atoms with Crippen LogP contribution in [-0.2, 0) is 0 Å². The third kappa shape index (κ3) is 3.13. The Morgan fingerprint density at radius 1 is 1.43 bits per heavy atom. The Kier molecular flexibility index (Phi) is 4.12. The van der Waals surface area contributed by atoms with Crippen molar-refractivity contribution in [3.8, 4) is 6.07 Å². The number of hydrogen-bond acceptors (Lipinski definition) is 2. The van der Waals surface area contributed by atoms with Gasteiger partial charge < -0.3 is 0 Å². The van der Waals surface area contributed by atoms with E-state index in [1.54, 1.807) is 0 Å². The topological polar surface area (TPSA) is 35.8 Å². The Morgan fingerprint density at radius 2 is 2.14 bits per heavy atom. The van der Waals surface area contributed by atoms with Crippen molar-refractivity contribution in [1.82, 2.24) is 5.32 Å². The van der Waals surface area contributed by atoms with Crippen molar-refractivity contribution < 1.29 is 0 Å². The minimum Gasteiger partial charge on any atom is -0.296 e. The van der Waals surface area contributed by atoms with Crippen LogP contribution in [0.2, 0.25) is 0 Å². The molecule has 0 bridgehead atoms. The van der Waals surface area contributed by atoms with E-state index in [1.807, 2.05) is 25.1 Å². The van der Waals surface area contributed by atoms with Crippen molar-refractivity contribution in [3.63, 3.8) is 0 Å². The first kappa shape index (κ1) is 11.2. The second-order valence-electron chi connectivity index (χ2n) is 3.29. The molecule has 74 valence electrons. The van der Waals surface area contributed by atoms with Gasteiger partial charge >= 0.3 is 0 Å². The Bertz CT molecular complexity index is 343. The van der Waals surface area contributed by atoms with Gasteiger partial charge in [0.15, 0.2) is 0 Å². The first-order chi connectivity index (χ1) is 6.63. The number of nitrogens with one attached hydrogen (secondary N) is 1. The van der Waals surface area contributed by atoms with Gasteiger partial charge in [0, 0.05) is 10.5 Å². The second-order valence-corrected chi connectivity index (χ2v) is 4.21. The summed E-state index contributed by atoms with van der Waals surface area (Å²) in [5.41, 5.74) is 1.18. The molecule has 1 aromatic carbocycles. The quantitative estimate of drug-likeness (QED) is 0.898. The molecular formula is C11H13BrN2. The summed E-state index contributed by atoms with van der Waals surface area (Å²) in [6.07, 6.45) is 0. The molecule has 1 N–H and O–H groups in total. The monoisotopic (exact) mass is 252 g/mol. The standard InChI is InChI=1S/C11H13BrN2/c1-8(7-13)14-9(2)10-4-3-5-11(12)6-10/h3-6,8-9,14H,1-2H3. The Labute approximate surface area is 93.1 Å². The summed E-state index contributed by atoms with van der Waals surface area (Å²) in [5, 5.41) is 11.9. The summed E-state index contributed by atoms with van der Waals surface area (Å²) in [6, 6.07) is 10.3. The predicted molar refractivity (Wildman–Crippen MR) is 60.8 cm³/mol. The van der Waals surface area contributed by atoms with E-state index in [-0.39, 0.29) is 12.1 Å². The molecule has 14 heavy (non-hydrogen) atoms. The van der Waals surface area contributed by atoms with Crippen LogP contribution in [-0.4, -0.2) is 6.04 Å². The van der Waals surface area contributed by atoms with Crippen LogP contribution in [0.1, 0.15) is 25.5 Å². The Hall–Kier alpha value is -0.850. The van der Waals surface area contributed by atoms with Crippen LogP contribution in [0.5, 0.6) is 0 Å². The molecule has 2 unspecified atom stereocenters. The Balaban J connectivity index is 2.70. The van der Waals surface area contributed by atoms with E-state index in [1.165, 1.54) is 5.56 Å². The second kappa shape index (κ2) is 5.14. The summed E-state index contributed by atoms with van der Waals surface area (Å²) >= 11 is 3.42. The third-order valence-electron chi connectivity index (χ3n) is 2.04. The van der Waals surface area contributed by atoms with Gasteiger partial charge in [-0.15, -0.1) is 0 Å². The van der Waals surface area contributed by atoms with Gasteiger partial charge in [-0.25, -0.2) is 0 Å². The van der Waals surface area contributed by atoms with Crippen LogP contribution in [0, 0.1) is 11.3 Å². The molecule has 1 rings (SSSR count). The van der Waals surface area contributed by atoms with Gasteiger partial charge in [-0.05, 0) is 31.5 Å². The van der Waals surface area contributed by atoms with E-state index >= 15 is 0 Å². The molecule has 0 heterocycles. The van der Waals surface area contributed by atoms with E-state index < -0.39 is 0 Å². The summed E-state index contributed by atoms with van der Waals surface area (Å²) < 4.78 is 1.06. The molecule has 3 heteroatoms. The van der Waals surface area contributed by atoms with Gasteiger partial charge in [-0.1, -0.05) is 28.1 Å². The molecule has 0 aliphatic carbocycles. The zero-order chi connectivity index (χ0) is 10.6. The van der Waals surface area contributed by atoms with E-state index in [2.05, 4.69) is 40.3 Å². The molecule has 0 saturated carbocycles. The van der Waals surface area contributed by atoms with Crippen LogP contribution in [0.25, 0.3) is 0 Å². The van der Waals surface area contributed by atoms with Gasteiger partial charge in [-0.3, -0.25) is 5.32 Å². The number of rotatable bonds is 3. The van der Waals surface area contributed by atoms with Crippen molar-refractivity contribution in [2.75, 3.05) is 0 Å². The van der Waals surface area contributed by atoms with E-state index in [0.29, 0.717) is 0 Å². The highest BCUT2D eigenvalue weighted by molar-refractivity contribution is 9.10. The summed E-state index contributed by atoms with van der Waals surface area (Å²) in [6.45, 7) is 3.91. The first-order valence-electron chi connectivity index (χ1n) is 4.54. The van der Waals surface area contributed by atoms with Gasteiger partial charge in [0.05, 0.1) is 12.1 Å². The molecule has 0 fully saturated rings. The molecule has 0 aliphatic rings. The molecular weight excluding hydrogens is 240 g/mol. The largest absolute Gasteiger partial charge is 0.296 e. The minimum atomic E-state index is -0.121. The molecule has 0 aliphatic heterocycles. The highest BCUT2D eigenvalue weighted by Crippen LogP contribution is 2.17.